The number of carboxylic acid groups (broad SMARTS) is 1. The molecule has 3 rings (SSSR count). The van der Waals surface area contributed by atoms with Gasteiger partial charge in [-0.3, -0.25) is 4.79 Å². The van der Waals surface area contributed by atoms with Crippen molar-refractivity contribution in [2.45, 2.75) is 32.0 Å². The van der Waals surface area contributed by atoms with E-state index in [0.717, 1.165) is 12.1 Å². The van der Waals surface area contributed by atoms with E-state index in [1.54, 1.807) is 13.0 Å². The Kier molecular flexibility index (Phi) is 7.21. The van der Waals surface area contributed by atoms with Crippen LogP contribution < -0.4 is 0 Å². The first-order chi connectivity index (χ1) is 15.4. The Morgan fingerprint density at radius 2 is 1.91 bits per heavy atom. The minimum atomic E-state index is -4.57. The summed E-state index contributed by atoms with van der Waals surface area (Å²) >= 11 is 5.85. The van der Waals surface area contributed by atoms with Crippen LogP contribution in [0.1, 0.15) is 34.6 Å². The van der Waals surface area contributed by atoms with Gasteiger partial charge in [0.05, 0.1) is 5.56 Å². The van der Waals surface area contributed by atoms with E-state index in [2.05, 4.69) is 0 Å². The van der Waals surface area contributed by atoms with Gasteiger partial charge in [-0.1, -0.05) is 17.7 Å². The van der Waals surface area contributed by atoms with Gasteiger partial charge < -0.3 is 14.9 Å². The molecule has 0 radical (unpaired) electrons. The summed E-state index contributed by atoms with van der Waals surface area (Å²) in [5, 5.41) is 9.34. The zero-order valence-corrected chi connectivity index (χ0v) is 18.8. The van der Waals surface area contributed by atoms with Crippen molar-refractivity contribution in [2.75, 3.05) is 20.1 Å². The maximum absolute atomic E-state index is 13.6. The molecule has 178 valence electrons. The Balaban J connectivity index is 1.87. The zero-order chi connectivity index (χ0) is 24.5. The third-order valence-corrected chi connectivity index (χ3v) is 6.13. The molecule has 2 atom stereocenters. The van der Waals surface area contributed by atoms with Crippen LogP contribution in [0.25, 0.3) is 0 Å². The van der Waals surface area contributed by atoms with Crippen molar-refractivity contribution in [1.29, 1.82) is 0 Å². The summed E-state index contributed by atoms with van der Waals surface area (Å²) in [6.45, 7) is 1.79. The number of carbonyl (C=O) groups excluding carboxylic acids is 1. The molecule has 2 unspecified atom stereocenters. The topological polar surface area (TPSA) is 60.9 Å². The summed E-state index contributed by atoms with van der Waals surface area (Å²) in [5.41, 5.74) is 0.581. The fourth-order valence-corrected chi connectivity index (χ4v) is 4.59. The van der Waals surface area contributed by atoms with E-state index in [1.807, 2.05) is 0 Å². The van der Waals surface area contributed by atoms with Crippen LogP contribution in [0, 0.1) is 18.7 Å². The Labute approximate surface area is 193 Å². The third-order valence-electron chi connectivity index (χ3n) is 5.91. The number of benzene rings is 2. The predicted molar refractivity (Wildman–Crippen MR) is 115 cm³/mol. The fourth-order valence-electron chi connectivity index (χ4n) is 4.33. The molecule has 0 saturated carbocycles. The molecule has 1 heterocycles. The van der Waals surface area contributed by atoms with Crippen LogP contribution in [0.2, 0.25) is 5.02 Å². The smallest absolute Gasteiger partial charge is 0.416 e. The monoisotopic (exact) mass is 486 g/mol. The maximum Gasteiger partial charge on any atom is 0.416 e. The van der Waals surface area contributed by atoms with Crippen LogP contribution in [0.15, 0.2) is 36.4 Å². The van der Waals surface area contributed by atoms with E-state index in [-0.39, 0.29) is 42.5 Å². The van der Waals surface area contributed by atoms with Crippen LogP contribution in [0.3, 0.4) is 0 Å². The molecule has 0 aromatic heterocycles. The number of nitrogens with zero attached hydrogens (tertiary/aromatic N) is 2. The molecule has 2 aromatic carbocycles. The number of hydrogen-bond donors (Lipinski definition) is 1. The van der Waals surface area contributed by atoms with E-state index in [9.17, 15) is 32.3 Å². The molecule has 1 aliphatic heterocycles. The lowest BCUT2D eigenvalue weighted by atomic mass is 9.78. The van der Waals surface area contributed by atoms with Crippen LogP contribution in [0.4, 0.5) is 22.4 Å². The number of likely N-dealkylation sites (tertiary alicyclic amines) is 1. The third kappa shape index (κ3) is 5.76. The first-order valence-electron chi connectivity index (χ1n) is 10.2. The highest BCUT2D eigenvalue weighted by atomic mass is 35.5. The lowest BCUT2D eigenvalue weighted by Gasteiger charge is -2.39. The number of hydrogen-bond acceptors (Lipinski definition) is 2. The van der Waals surface area contributed by atoms with Crippen LogP contribution in [0.5, 0.6) is 0 Å². The SMILES string of the molecule is Cc1cc(F)ccc1C1CN(C(=O)O)CCC1C(=O)N(C)Cc1cc(Cl)cc(C(F)(F)F)c1. The highest BCUT2D eigenvalue weighted by Crippen LogP contribution is 2.36. The summed E-state index contributed by atoms with van der Waals surface area (Å²) < 4.78 is 53.0. The van der Waals surface area contributed by atoms with Gasteiger partial charge in [-0.2, -0.15) is 13.2 Å². The van der Waals surface area contributed by atoms with Crippen LogP contribution in [-0.2, 0) is 17.5 Å². The molecular weight excluding hydrogens is 464 g/mol. The molecule has 1 N–H and O–H groups in total. The standard InChI is InChI=1S/C23H23ClF4N2O3/c1-13-7-17(25)3-4-18(13)20-12-30(22(32)33)6-5-19(20)21(31)29(2)11-14-8-15(23(26,27)28)10-16(24)9-14/h3-4,7-10,19-20H,5-6,11-12H2,1-2H3,(H,32,33). The second-order valence-electron chi connectivity index (χ2n) is 8.27. The van der Waals surface area contributed by atoms with E-state index < -0.39 is 35.5 Å². The van der Waals surface area contributed by atoms with E-state index in [1.165, 1.54) is 35.0 Å². The van der Waals surface area contributed by atoms with Gasteiger partial charge in [0.25, 0.3) is 0 Å². The molecule has 1 aliphatic rings. The van der Waals surface area contributed by atoms with Gasteiger partial charge in [-0.05, 0) is 60.4 Å². The molecule has 0 aliphatic carbocycles. The number of amides is 2. The van der Waals surface area contributed by atoms with Gasteiger partial charge in [-0.25, -0.2) is 9.18 Å². The number of piperidine rings is 1. The van der Waals surface area contributed by atoms with Gasteiger partial charge in [0.2, 0.25) is 5.91 Å². The van der Waals surface area contributed by atoms with Gasteiger partial charge in [-0.15, -0.1) is 0 Å². The van der Waals surface area contributed by atoms with Crippen molar-refractivity contribution < 1.29 is 32.3 Å². The van der Waals surface area contributed by atoms with Crippen molar-refractivity contribution in [3.63, 3.8) is 0 Å². The average molecular weight is 487 g/mol. The number of rotatable bonds is 4. The van der Waals surface area contributed by atoms with E-state index in [0.29, 0.717) is 11.1 Å². The lowest BCUT2D eigenvalue weighted by molar-refractivity contribution is -0.137. The van der Waals surface area contributed by atoms with E-state index >= 15 is 0 Å². The van der Waals surface area contributed by atoms with Crippen LogP contribution in [-0.4, -0.2) is 47.0 Å². The second-order valence-corrected chi connectivity index (χ2v) is 8.71. The Morgan fingerprint density at radius 1 is 1.21 bits per heavy atom. The Hall–Kier alpha value is -2.81. The van der Waals surface area contributed by atoms with Crippen LogP contribution >= 0.6 is 11.6 Å². The molecule has 0 spiro atoms. The summed E-state index contributed by atoms with van der Waals surface area (Å²) in [4.78, 5) is 27.4. The number of aryl methyl sites for hydroxylation is 1. The predicted octanol–water partition coefficient (Wildman–Crippen LogP) is 5.55. The summed E-state index contributed by atoms with van der Waals surface area (Å²) in [6.07, 6.45) is -5.45. The largest absolute Gasteiger partial charge is 0.465 e. The molecule has 10 heteroatoms. The number of alkyl halides is 3. The van der Waals surface area contributed by atoms with E-state index in [4.69, 9.17) is 11.6 Å². The van der Waals surface area contributed by atoms with Gasteiger partial charge in [0, 0.05) is 43.5 Å². The molecular formula is C23H23ClF4N2O3. The number of halogens is 5. The van der Waals surface area contributed by atoms with Crippen molar-refractivity contribution in [3.8, 4) is 0 Å². The highest BCUT2D eigenvalue weighted by molar-refractivity contribution is 6.30. The van der Waals surface area contributed by atoms with Gasteiger partial charge >= 0.3 is 12.3 Å². The van der Waals surface area contributed by atoms with Crippen molar-refractivity contribution in [3.05, 3.63) is 69.5 Å². The molecule has 2 amide bonds. The van der Waals surface area contributed by atoms with Crippen molar-refractivity contribution in [2.24, 2.45) is 5.92 Å². The molecule has 33 heavy (non-hydrogen) atoms. The minimum absolute atomic E-state index is 0.0570. The molecule has 2 aromatic rings. The molecule has 5 nitrogen and oxygen atoms in total. The first kappa shape index (κ1) is 24.8. The molecule has 1 saturated heterocycles. The average Bonchev–Trinajstić information content (AvgIpc) is 2.71. The zero-order valence-electron chi connectivity index (χ0n) is 18.0. The van der Waals surface area contributed by atoms with Crippen molar-refractivity contribution in [1.82, 2.24) is 9.80 Å². The summed E-state index contributed by atoms with van der Waals surface area (Å²) in [7, 11) is 1.48. The van der Waals surface area contributed by atoms with Crippen molar-refractivity contribution >= 4 is 23.6 Å². The highest BCUT2D eigenvalue weighted by Gasteiger charge is 2.39. The maximum atomic E-state index is 13.6. The summed E-state index contributed by atoms with van der Waals surface area (Å²) in [5.74, 6) is -1.91. The molecule has 0 bridgehead atoms. The second kappa shape index (κ2) is 9.59. The minimum Gasteiger partial charge on any atom is -0.465 e. The lowest BCUT2D eigenvalue weighted by Crippen LogP contribution is -2.47. The quantitative estimate of drug-likeness (QED) is 0.576. The fraction of sp³-hybridized carbons (Fsp3) is 0.391. The van der Waals surface area contributed by atoms with Gasteiger partial charge in [0.1, 0.15) is 5.82 Å². The molecule has 1 fully saturated rings. The Morgan fingerprint density at radius 3 is 2.52 bits per heavy atom. The first-order valence-corrected chi connectivity index (χ1v) is 10.6. The number of carbonyl (C=O) groups is 2. The Bertz CT molecular complexity index is 1060. The normalized spacial score (nSPS) is 18.8. The summed E-state index contributed by atoms with van der Waals surface area (Å²) in [6, 6.07) is 7.28. The van der Waals surface area contributed by atoms with Gasteiger partial charge in [0.15, 0.2) is 0 Å².